The van der Waals surface area contributed by atoms with Crippen molar-refractivity contribution < 1.29 is 10.2 Å². The Kier molecular flexibility index (Phi) is 3.42. The average Bonchev–Trinajstić information content (AvgIpc) is 2.81. The molecule has 4 fully saturated rings. The van der Waals surface area contributed by atoms with Crippen LogP contribution in [-0.2, 0) is 0 Å². The average molecular weight is 304 g/mol. The third-order valence-corrected chi connectivity index (χ3v) is 8.62. The molecule has 0 aromatic carbocycles. The Hall–Kier alpha value is -0.500. The number of rotatable bonds is 0. The minimum absolute atomic E-state index is 0.0664. The molecule has 0 aliphatic heterocycles. The summed E-state index contributed by atoms with van der Waals surface area (Å²) in [6, 6.07) is 0. The van der Waals surface area contributed by atoms with Crippen molar-refractivity contribution in [2.75, 3.05) is 0 Å². The molecule has 0 aromatic heterocycles. The molecule has 124 valence electrons. The summed E-state index contributed by atoms with van der Waals surface area (Å²) in [4.78, 5) is 0. The molecule has 4 rings (SSSR count). The fourth-order valence-electron chi connectivity index (χ4n) is 7.30. The lowest BCUT2D eigenvalue weighted by Gasteiger charge is -2.60. The molecule has 2 nitrogen and oxygen atoms in total. The first-order valence-electron chi connectivity index (χ1n) is 9.49. The van der Waals surface area contributed by atoms with E-state index >= 15 is 0 Å². The Balaban J connectivity index is 1.65. The van der Waals surface area contributed by atoms with E-state index in [2.05, 4.69) is 13.8 Å². The second-order valence-electron chi connectivity index (χ2n) is 9.30. The Morgan fingerprint density at radius 3 is 2.50 bits per heavy atom. The van der Waals surface area contributed by atoms with Gasteiger partial charge in [0, 0.05) is 0 Å². The van der Waals surface area contributed by atoms with E-state index in [1.165, 1.54) is 50.4 Å². The highest BCUT2D eigenvalue weighted by Gasteiger charge is 2.59. The van der Waals surface area contributed by atoms with Gasteiger partial charge in [-0.2, -0.15) is 0 Å². The number of fused-ring (bicyclic) bond motifs is 5. The fraction of sp³-hybridized carbons (Fsp3) is 0.900. The molecule has 0 spiro atoms. The van der Waals surface area contributed by atoms with E-state index in [-0.39, 0.29) is 11.5 Å². The zero-order valence-corrected chi connectivity index (χ0v) is 14.2. The topological polar surface area (TPSA) is 40.5 Å². The van der Waals surface area contributed by atoms with Gasteiger partial charge in [-0.1, -0.05) is 13.8 Å². The third kappa shape index (κ3) is 1.89. The molecule has 0 amide bonds. The molecule has 0 heterocycles. The van der Waals surface area contributed by atoms with E-state index in [9.17, 15) is 10.2 Å². The molecular formula is C20H32O2. The maximum atomic E-state index is 10.5. The van der Waals surface area contributed by atoms with Crippen molar-refractivity contribution in [2.45, 2.75) is 77.7 Å². The maximum Gasteiger partial charge on any atom is 0.0783 e. The second-order valence-corrected chi connectivity index (χ2v) is 9.30. The molecular weight excluding hydrogens is 272 g/mol. The summed E-state index contributed by atoms with van der Waals surface area (Å²) in [5.41, 5.74) is 1.86. The zero-order chi connectivity index (χ0) is 15.5. The number of aliphatic hydroxyl groups is 2. The van der Waals surface area contributed by atoms with Gasteiger partial charge in [0.05, 0.1) is 12.4 Å². The number of hydrogen-bond donors (Lipinski definition) is 2. The van der Waals surface area contributed by atoms with Crippen LogP contribution in [0.15, 0.2) is 11.8 Å². The van der Waals surface area contributed by atoms with Crippen LogP contribution < -0.4 is 0 Å². The first-order valence-corrected chi connectivity index (χ1v) is 9.49. The van der Waals surface area contributed by atoms with Crippen molar-refractivity contribution >= 4 is 0 Å². The third-order valence-electron chi connectivity index (χ3n) is 8.62. The quantitative estimate of drug-likeness (QED) is 0.629. The number of hydrogen-bond acceptors (Lipinski definition) is 2. The predicted molar refractivity (Wildman–Crippen MR) is 88.4 cm³/mol. The maximum absolute atomic E-state index is 10.5. The Labute approximate surface area is 135 Å². The summed E-state index contributed by atoms with van der Waals surface area (Å²) in [7, 11) is 0. The molecule has 0 aromatic rings. The summed E-state index contributed by atoms with van der Waals surface area (Å²) >= 11 is 0. The Bertz CT molecular complexity index is 484. The largest absolute Gasteiger partial charge is 0.516 e. The van der Waals surface area contributed by atoms with Gasteiger partial charge in [-0.25, -0.2) is 0 Å². The van der Waals surface area contributed by atoms with E-state index in [1.54, 1.807) is 0 Å². The van der Waals surface area contributed by atoms with Gasteiger partial charge in [-0.05, 0) is 97.9 Å². The van der Waals surface area contributed by atoms with Crippen LogP contribution in [0.5, 0.6) is 0 Å². The van der Waals surface area contributed by atoms with Crippen LogP contribution in [0, 0.1) is 34.5 Å². The molecule has 1 unspecified atom stereocenters. The zero-order valence-electron chi connectivity index (χ0n) is 14.2. The van der Waals surface area contributed by atoms with Gasteiger partial charge in [0.1, 0.15) is 0 Å². The summed E-state index contributed by atoms with van der Waals surface area (Å²) in [6.07, 6.45) is 12.3. The molecule has 2 N–H and O–H groups in total. The highest BCUT2D eigenvalue weighted by molar-refractivity contribution is 5.15. The minimum atomic E-state index is -0.0664. The molecule has 0 radical (unpaired) electrons. The highest BCUT2D eigenvalue weighted by Crippen LogP contribution is 2.66. The van der Waals surface area contributed by atoms with E-state index in [0.717, 1.165) is 42.9 Å². The van der Waals surface area contributed by atoms with Crippen LogP contribution >= 0.6 is 0 Å². The first kappa shape index (κ1) is 15.1. The molecule has 0 saturated heterocycles. The van der Waals surface area contributed by atoms with E-state index < -0.39 is 0 Å². The molecule has 2 heteroatoms. The highest BCUT2D eigenvalue weighted by atomic mass is 16.3. The lowest BCUT2D eigenvalue weighted by Crippen LogP contribution is -2.53. The fourth-order valence-corrected chi connectivity index (χ4v) is 7.30. The summed E-state index contributed by atoms with van der Waals surface area (Å²) in [5.74, 6) is 3.22. The van der Waals surface area contributed by atoms with Crippen molar-refractivity contribution in [3.8, 4) is 0 Å². The molecule has 7 atom stereocenters. The van der Waals surface area contributed by atoms with Crippen LogP contribution in [0.2, 0.25) is 0 Å². The lowest BCUT2D eigenvalue weighted by molar-refractivity contribution is -0.114. The second kappa shape index (κ2) is 5.00. The number of allylic oxidation sites excluding steroid dienone is 1. The summed E-state index contributed by atoms with van der Waals surface area (Å²) < 4.78 is 0. The summed E-state index contributed by atoms with van der Waals surface area (Å²) in [5, 5.41) is 20.0. The SMILES string of the molecule is C[C@]12CC[C@H]3[C@@H](CCC4CCC(=CO)C[C@@]43C)[C@@H]1CC[C@@H]2O. The van der Waals surface area contributed by atoms with Gasteiger partial charge in [-0.3, -0.25) is 0 Å². The van der Waals surface area contributed by atoms with Crippen LogP contribution in [0.25, 0.3) is 0 Å². The standard InChI is InChI=1S/C20H32O2/c1-19-10-9-17-15(16(19)7-8-18(19)22)6-5-14-4-3-13(12-21)11-20(14,17)2/h12,14-18,21-22H,3-11H2,1-2H3/t14?,15-,16-,17-,18-,19-,20-/m0/s1. The van der Waals surface area contributed by atoms with Crippen molar-refractivity contribution in [3.63, 3.8) is 0 Å². The Morgan fingerprint density at radius 1 is 0.955 bits per heavy atom. The van der Waals surface area contributed by atoms with Crippen molar-refractivity contribution in [1.29, 1.82) is 0 Å². The van der Waals surface area contributed by atoms with E-state index in [1.807, 2.05) is 0 Å². The number of aliphatic hydroxyl groups excluding tert-OH is 2. The van der Waals surface area contributed by atoms with Gasteiger partial charge in [-0.15, -0.1) is 0 Å². The van der Waals surface area contributed by atoms with Gasteiger partial charge in [0.2, 0.25) is 0 Å². The van der Waals surface area contributed by atoms with Crippen molar-refractivity contribution in [1.82, 2.24) is 0 Å². The van der Waals surface area contributed by atoms with Gasteiger partial charge in [0.25, 0.3) is 0 Å². The summed E-state index contributed by atoms with van der Waals surface area (Å²) in [6.45, 7) is 4.88. The van der Waals surface area contributed by atoms with Gasteiger partial charge < -0.3 is 10.2 Å². The normalized spacial score (nSPS) is 56.3. The van der Waals surface area contributed by atoms with Crippen molar-refractivity contribution in [2.24, 2.45) is 34.5 Å². The van der Waals surface area contributed by atoms with Crippen LogP contribution in [0.1, 0.15) is 71.6 Å². The van der Waals surface area contributed by atoms with E-state index in [4.69, 9.17) is 0 Å². The first-order chi connectivity index (χ1) is 10.5. The van der Waals surface area contributed by atoms with Crippen LogP contribution in [-0.4, -0.2) is 16.3 Å². The Morgan fingerprint density at radius 2 is 1.73 bits per heavy atom. The van der Waals surface area contributed by atoms with Gasteiger partial charge >= 0.3 is 0 Å². The van der Waals surface area contributed by atoms with Gasteiger partial charge in [0.15, 0.2) is 0 Å². The van der Waals surface area contributed by atoms with Crippen molar-refractivity contribution in [3.05, 3.63) is 11.8 Å². The van der Waals surface area contributed by atoms with Crippen LogP contribution in [0.3, 0.4) is 0 Å². The molecule has 4 saturated carbocycles. The predicted octanol–water partition coefficient (Wildman–Crippen LogP) is 4.83. The minimum Gasteiger partial charge on any atom is -0.516 e. The van der Waals surface area contributed by atoms with Crippen LogP contribution in [0.4, 0.5) is 0 Å². The van der Waals surface area contributed by atoms with E-state index in [0.29, 0.717) is 5.41 Å². The monoisotopic (exact) mass is 304 g/mol. The molecule has 4 aliphatic carbocycles. The molecule has 0 bridgehead atoms. The smallest absolute Gasteiger partial charge is 0.0783 e. The lowest BCUT2D eigenvalue weighted by atomic mass is 9.45. The molecule has 4 aliphatic rings. The molecule has 22 heavy (non-hydrogen) atoms.